The molecule has 6 heteroatoms. The number of benzene rings is 1. The summed E-state index contributed by atoms with van der Waals surface area (Å²) in [7, 11) is 0. The first-order chi connectivity index (χ1) is 9.36. The predicted molar refractivity (Wildman–Crippen MR) is 67.9 cm³/mol. The van der Waals surface area contributed by atoms with Crippen LogP contribution in [-0.2, 0) is 6.18 Å². The summed E-state index contributed by atoms with van der Waals surface area (Å²) in [4.78, 5) is 0. The molecule has 2 rings (SSSR count). The van der Waals surface area contributed by atoms with Gasteiger partial charge in [0.15, 0.2) is 0 Å². The zero-order valence-electron chi connectivity index (χ0n) is 10.9. The molecule has 2 nitrogen and oxygen atoms in total. The number of hydrogen-bond acceptors (Lipinski definition) is 2. The van der Waals surface area contributed by atoms with Gasteiger partial charge in [-0.25, -0.2) is 4.39 Å². The van der Waals surface area contributed by atoms with E-state index in [1.165, 1.54) is 0 Å². The van der Waals surface area contributed by atoms with Gasteiger partial charge < -0.3 is 10.4 Å². The topological polar surface area (TPSA) is 32.3 Å². The van der Waals surface area contributed by atoms with Gasteiger partial charge in [0.05, 0.1) is 17.4 Å². The molecular weight excluding hydrogens is 274 g/mol. The Balaban J connectivity index is 1.93. The number of hydrogen-bond donors (Lipinski definition) is 2. The molecule has 0 radical (unpaired) electrons. The molecule has 1 fully saturated rings. The molecule has 0 aromatic heterocycles. The van der Waals surface area contributed by atoms with E-state index in [4.69, 9.17) is 0 Å². The highest BCUT2D eigenvalue weighted by molar-refractivity contribution is 5.46. The van der Waals surface area contributed by atoms with Gasteiger partial charge in [0.2, 0.25) is 0 Å². The van der Waals surface area contributed by atoms with E-state index in [1.54, 1.807) is 0 Å². The minimum Gasteiger partial charge on any atom is -0.393 e. The quantitative estimate of drug-likeness (QED) is 0.830. The summed E-state index contributed by atoms with van der Waals surface area (Å²) >= 11 is 0. The third-order valence-corrected chi connectivity index (χ3v) is 3.69. The van der Waals surface area contributed by atoms with Gasteiger partial charge >= 0.3 is 6.18 Å². The number of alkyl halides is 3. The van der Waals surface area contributed by atoms with E-state index in [0.29, 0.717) is 18.5 Å². The Labute approximate surface area is 114 Å². The monoisotopic (exact) mass is 291 g/mol. The highest BCUT2D eigenvalue weighted by Gasteiger charge is 2.31. The first-order valence-corrected chi connectivity index (χ1v) is 6.65. The van der Waals surface area contributed by atoms with Gasteiger partial charge in [-0.3, -0.25) is 0 Å². The first-order valence-electron chi connectivity index (χ1n) is 6.65. The third-order valence-electron chi connectivity index (χ3n) is 3.69. The summed E-state index contributed by atoms with van der Waals surface area (Å²) in [6.07, 6.45) is -1.65. The second-order valence-corrected chi connectivity index (χ2v) is 5.25. The number of aliphatic hydroxyl groups excluding tert-OH is 1. The molecule has 0 saturated heterocycles. The molecule has 1 aromatic rings. The fourth-order valence-corrected chi connectivity index (χ4v) is 2.44. The normalized spacial score (nSPS) is 23.6. The van der Waals surface area contributed by atoms with Crippen molar-refractivity contribution in [3.05, 3.63) is 29.6 Å². The maximum Gasteiger partial charge on any atom is 0.416 e. The van der Waals surface area contributed by atoms with Crippen molar-refractivity contribution in [1.29, 1.82) is 0 Å². The Bertz CT molecular complexity index is 453. The Morgan fingerprint density at radius 1 is 1.15 bits per heavy atom. The number of anilines is 1. The molecule has 0 unspecified atom stereocenters. The second kappa shape index (κ2) is 5.99. The lowest BCUT2D eigenvalue weighted by Crippen LogP contribution is -2.23. The standard InChI is InChI=1S/C14H17F4NO/c15-12-7-10(14(16,17)18)3-6-13(12)19-8-9-1-4-11(20)5-2-9/h3,6-7,9,11,19-20H,1-2,4-5,8H2. The van der Waals surface area contributed by atoms with E-state index in [-0.39, 0.29) is 11.8 Å². The first kappa shape index (κ1) is 15.1. The summed E-state index contributed by atoms with van der Waals surface area (Å²) < 4.78 is 50.8. The molecule has 112 valence electrons. The van der Waals surface area contributed by atoms with Crippen molar-refractivity contribution in [2.45, 2.75) is 38.0 Å². The average molecular weight is 291 g/mol. The maximum atomic E-state index is 13.6. The Hall–Kier alpha value is -1.30. The van der Waals surface area contributed by atoms with Crippen molar-refractivity contribution in [2.75, 3.05) is 11.9 Å². The molecule has 0 spiro atoms. The Morgan fingerprint density at radius 2 is 1.80 bits per heavy atom. The summed E-state index contributed by atoms with van der Waals surface area (Å²) in [5.74, 6) is -0.573. The summed E-state index contributed by atoms with van der Waals surface area (Å²) in [5, 5.41) is 12.2. The van der Waals surface area contributed by atoms with Gasteiger partial charge in [0, 0.05) is 6.54 Å². The molecule has 1 aliphatic rings. The molecular formula is C14H17F4NO. The van der Waals surface area contributed by atoms with Crippen molar-refractivity contribution in [1.82, 2.24) is 0 Å². The van der Waals surface area contributed by atoms with Crippen LogP contribution in [0.3, 0.4) is 0 Å². The second-order valence-electron chi connectivity index (χ2n) is 5.25. The highest BCUT2D eigenvalue weighted by atomic mass is 19.4. The maximum absolute atomic E-state index is 13.6. The lowest BCUT2D eigenvalue weighted by Gasteiger charge is -2.25. The molecule has 1 aliphatic carbocycles. The van der Waals surface area contributed by atoms with Crippen LogP contribution < -0.4 is 5.32 Å². The van der Waals surface area contributed by atoms with Crippen molar-refractivity contribution in [2.24, 2.45) is 5.92 Å². The molecule has 1 saturated carbocycles. The molecule has 1 aromatic carbocycles. The summed E-state index contributed by atoms with van der Waals surface area (Å²) in [5.41, 5.74) is -0.898. The Morgan fingerprint density at radius 3 is 2.35 bits per heavy atom. The lowest BCUT2D eigenvalue weighted by atomic mass is 9.87. The third kappa shape index (κ3) is 3.85. The molecule has 0 atom stereocenters. The largest absolute Gasteiger partial charge is 0.416 e. The van der Waals surface area contributed by atoms with E-state index < -0.39 is 17.6 Å². The smallest absolute Gasteiger partial charge is 0.393 e. The Kier molecular flexibility index (Phi) is 4.52. The van der Waals surface area contributed by atoms with Crippen LogP contribution in [0.2, 0.25) is 0 Å². The van der Waals surface area contributed by atoms with Crippen LogP contribution in [0.5, 0.6) is 0 Å². The molecule has 2 N–H and O–H groups in total. The summed E-state index contributed by atoms with van der Waals surface area (Å²) in [6.45, 7) is 0.509. The number of rotatable bonds is 3. The SMILES string of the molecule is OC1CCC(CNc2ccc(C(F)(F)F)cc2F)CC1. The van der Waals surface area contributed by atoms with Crippen LogP contribution in [-0.4, -0.2) is 17.8 Å². The van der Waals surface area contributed by atoms with Crippen LogP contribution in [0.25, 0.3) is 0 Å². The summed E-state index contributed by atoms with van der Waals surface area (Å²) in [6, 6.07) is 2.50. The fraction of sp³-hybridized carbons (Fsp3) is 0.571. The van der Waals surface area contributed by atoms with Gasteiger partial charge in [0.1, 0.15) is 5.82 Å². The van der Waals surface area contributed by atoms with Crippen molar-refractivity contribution < 1.29 is 22.7 Å². The van der Waals surface area contributed by atoms with Crippen molar-refractivity contribution in [3.8, 4) is 0 Å². The fourth-order valence-electron chi connectivity index (χ4n) is 2.44. The molecule has 0 heterocycles. The van der Waals surface area contributed by atoms with Crippen molar-refractivity contribution in [3.63, 3.8) is 0 Å². The van der Waals surface area contributed by atoms with Gasteiger partial charge in [-0.05, 0) is 49.8 Å². The van der Waals surface area contributed by atoms with E-state index in [9.17, 15) is 22.7 Å². The zero-order chi connectivity index (χ0) is 14.8. The minimum atomic E-state index is -4.53. The van der Waals surface area contributed by atoms with Crippen molar-refractivity contribution >= 4 is 5.69 Å². The van der Waals surface area contributed by atoms with Crippen LogP contribution in [0.15, 0.2) is 18.2 Å². The number of aliphatic hydroxyl groups is 1. The lowest BCUT2D eigenvalue weighted by molar-refractivity contribution is -0.137. The van der Waals surface area contributed by atoms with E-state index in [1.807, 2.05) is 0 Å². The molecule has 0 bridgehead atoms. The highest BCUT2D eigenvalue weighted by Crippen LogP contribution is 2.31. The van der Waals surface area contributed by atoms with E-state index >= 15 is 0 Å². The van der Waals surface area contributed by atoms with E-state index in [0.717, 1.165) is 37.8 Å². The molecule has 0 amide bonds. The van der Waals surface area contributed by atoms with Gasteiger partial charge in [-0.15, -0.1) is 0 Å². The minimum absolute atomic E-state index is 0.0871. The number of nitrogens with one attached hydrogen (secondary N) is 1. The van der Waals surface area contributed by atoms with Crippen LogP contribution >= 0.6 is 0 Å². The molecule has 0 aliphatic heterocycles. The predicted octanol–water partition coefficient (Wildman–Crippen LogP) is 3.81. The zero-order valence-corrected chi connectivity index (χ0v) is 10.9. The van der Waals surface area contributed by atoms with Crippen LogP contribution in [0.1, 0.15) is 31.2 Å². The van der Waals surface area contributed by atoms with Crippen LogP contribution in [0.4, 0.5) is 23.2 Å². The molecule has 20 heavy (non-hydrogen) atoms. The van der Waals surface area contributed by atoms with Crippen LogP contribution in [0, 0.1) is 11.7 Å². The van der Waals surface area contributed by atoms with Gasteiger partial charge in [-0.1, -0.05) is 0 Å². The van der Waals surface area contributed by atoms with Gasteiger partial charge in [0.25, 0.3) is 0 Å². The average Bonchev–Trinajstić information content (AvgIpc) is 2.38. The van der Waals surface area contributed by atoms with Gasteiger partial charge in [-0.2, -0.15) is 13.2 Å². The van der Waals surface area contributed by atoms with E-state index in [2.05, 4.69) is 5.32 Å². The number of halogens is 4.